The van der Waals surface area contributed by atoms with Crippen molar-refractivity contribution < 1.29 is 4.74 Å². The van der Waals surface area contributed by atoms with Crippen molar-refractivity contribution in [1.29, 1.82) is 0 Å². The van der Waals surface area contributed by atoms with E-state index < -0.39 is 0 Å². The summed E-state index contributed by atoms with van der Waals surface area (Å²) in [5.74, 6) is 0. The molecule has 0 aromatic rings. The van der Waals surface area contributed by atoms with E-state index >= 15 is 0 Å². The van der Waals surface area contributed by atoms with Gasteiger partial charge < -0.3 is 10.1 Å². The number of allylic oxidation sites excluding steroid dienone is 1. The van der Waals surface area contributed by atoms with E-state index in [-0.39, 0.29) is 0 Å². The van der Waals surface area contributed by atoms with Gasteiger partial charge in [0.15, 0.2) is 0 Å². The van der Waals surface area contributed by atoms with Crippen molar-refractivity contribution in [3.05, 3.63) is 12.3 Å². The lowest BCUT2D eigenvalue weighted by Gasteiger charge is -2.13. The molecule has 11 heavy (non-hydrogen) atoms. The number of hydrogen-bond acceptors (Lipinski definition) is 2. The number of hydrogen-bond donors (Lipinski definition) is 1. The summed E-state index contributed by atoms with van der Waals surface area (Å²) in [6, 6.07) is 0.595. The van der Waals surface area contributed by atoms with Crippen molar-refractivity contribution in [2.24, 2.45) is 0 Å². The van der Waals surface area contributed by atoms with Gasteiger partial charge in [-0.15, -0.1) is 0 Å². The molecule has 1 aliphatic carbocycles. The van der Waals surface area contributed by atoms with Gasteiger partial charge in [0, 0.05) is 18.8 Å². The van der Waals surface area contributed by atoms with Crippen LogP contribution in [0.2, 0.25) is 0 Å². The highest BCUT2D eigenvalue weighted by Crippen LogP contribution is 2.21. The number of methoxy groups -OCH3 is 1. The zero-order valence-electron chi connectivity index (χ0n) is 7.39. The first-order chi connectivity index (χ1) is 5.22. The van der Waals surface area contributed by atoms with E-state index in [9.17, 15) is 0 Å². The van der Waals surface area contributed by atoms with Crippen LogP contribution in [0.15, 0.2) is 12.3 Å². The van der Waals surface area contributed by atoms with Gasteiger partial charge in [0.2, 0.25) is 0 Å². The van der Waals surface area contributed by atoms with Crippen molar-refractivity contribution in [3.8, 4) is 0 Å². The Labute approximate surface area is 68.6 Å². The molecule has 0 amide bonds. The second kappa shape index (κ2) is 3.77. The van der Waals surface area contributed by atoms with Gasteiger partial charge in [-0.2, -0.15) is 0 Å². The number of nitrogens with one attached hydrogen (secondary N) is 1. The minimum Gasteiger partial charge on any atom is -0.386 e. The molecule has 1 saturated carbocycles. The van der Waals surface area contributed by atoms with Crippen LogP contribution in [0.1, 0.15) is 26.2 Å². The third-order valence-corrected chi connectivity index (χ3v) is 2.17. The molecule has 0 aromatic heterocycles. The molecule has 1 fully saturated rings. The maximum Gasteiger partial charge on any atom is 0.0591 e. The van der Waals surface area contributed by atoms with Gasteiger partial charge in [-0.05, 0) is 26.2 Å². The quantitative estimate of drug-likeness (QED) is 0.669. The Morgan fingerprint density at radius 3 is 2.73 bits per heavy atom. The van der Waals surface area contributed by atoms with E-state index in [1.807, 2.05) is 6.92 Å². The summed E-state index contributed by atoms with van der Waals surface area (Å²) in [7, 11) is 1.79. The molecule has 0 unspecified atom stereocenters. The third-order valence-electron chi connectivity index (χ3n) is 2.17. The van der Waals surface area contributed by atoms with Crippen LogP contribution in [-0.4, -0.2) is 19.3 Å². The second-order valence-electron chi connectivity index (χ2n) is 3.29. The standard InChI is InChI=1S/C9H17NO/c1-7(2)10-8-4-5-9(6-8)11-3/h8-10H,1,4-6H2,2-3H3/t8-,9-/m1/s1. The first-order valence-electron chi connectivity index (χ1n) is 4.17. The molecule has 0 heterocycles. The van der Waals surface area contributed by atoms with Crippen LogP contribution in [0.25, 0.3) is 0 Å². The smallest absolute Gasteiger partial charge is 0.0591 e. The Morgan fingerprint density at radius 1 is 1.55 bits per heavy atom. The first kappa shape index (κ1) is 8.60. The minimum absolute atomic E-state index is 0.465. The van der Waals surface area contributed by atoms with Gasteiger partial charge in [-0.3, -0.25) is 0 Å². The van der Waals surface area contributed by atoms with Gasteiger partial charge in [0.25, 0.3) is 0 Å². The number of rotatable bonds is 3. The molecule has 0 bridgehead atoms. The largest absolute Gasteiger partial charge is 0.386 e. The Bertz CT molecular complexity index is 144. The summed E-state index contributed by atoms with van der Waals surface area (Å²) in [5.41, 5.74) is 1.06. The lowest BCUT2D eigenvalue weighted by molar-refractivity contribution is 0.107. The van der Waals surface area contributed by atoms with Crippen molar-refractivity contribution in [3.63, 3.8) is 0 Å². The summed E-state index contributed by atoms with van der Waals surface area (Å²) in [6.45, 7) is 5.82. The van der Waals surface area contributed by atoms with Gasteiger partial charge in [-0.25, -0.2) is 0 Å². The van der Waals surface area contributed by atoms with Gasteiger partial charge in [-0.1, -0.05) is 6.58 Å². The van der Waals surface area contributed by atoms with E-state index in [2.05, 4.69) is 11.9 Å². The topological polar surface area (TPSA) is 21.3 Å². The molecule has 2 atom stereocenters. The average Bonchev–Trinajstić information content (AvgIpc) is 2.34. The predicted octanol–water partition coefficient (Wildman–Crippen LogP) is 1.68. The molecule has 64 valence electrons. The predicted molar refractivity (Wildman–Crippen MR) is 46.4 cm³/mol. The maximum atomic E-state index is 5.25. The second-order valence-corrected chi connectivity index (χ2v) is 3.29. The highest BCUT2D eigenvalue weighted by Gasteiger charge is 2.23. The average molecular weight is 155 g/mol. The van der Waals surface area contributed by atoms with E-state index in [1.54, 1.807) is 7.11 Å². The zero-order chi connectivity index (χ0) is 8.27. The lowest BCUT2D eigenvalue weighted by Crippen LogP contribution is -2.24. The van der Waals surface area contributed by atoms with E-state index in [0.717, 1.165) is 12.1 Å². The van der Waals surface area contributed by atoms with Crippen molar-refractivity contribution in [1.82, 2.24) is 5.32 Å². The van der Waals surface area contributed by atoms with Gasteiger partial charge in [0.1, 0.15) is 0 Å². The van der Waals surface area contributed by atoms with Gasteiger partial charge >= 0.3 is 0 Å². The molecular weight excluding hydrogens is 138 g/mol. The van der Waals surface area contributed by atoms with Gasteiger partial charge in [0.05, 0.1) is 6.10 Å². The Kier molecular flexibility index (Phi) is 2.94. The molecule has 2 heteroatoms. The number of ether oxygens (including phenoxy) is 1. The molecule has 1 aliphatic rings. The Hall–Kier alpha value is -0.500. The first-order valence-corrected chi connectivity index (χ1v) is 4.17. The zero-order valence-corrected chi connectivity index (χ0v) is 7.39. The van der Waals surface area contributed by atoms with Crippen molar-refractivity contribution in [2.45, 2.75) is 38.3 Å². The normalized spacial score (nSPS) is 30.4. The summed E-state index contributed by atoms with van der Waals surface area (Å²) >= 11 is 0. The van der Waals surface area contributed by atoms with E-state index in [4.69, 9.17) is 4.74 Å². The van der Waals surface area contributed by atoms with E-state index in [0.29, 0.717) is 12.1 Å². The molecule has 1 rings (SSSR count). The summed E-state index contributed by atoms with van der Waals surface area (Å²) in [6.07, 6.45) is 3.99. The molecule has 0 saturated heterocycles. The third kappa shape index (κ3) is 2.54. The van der Waals surface area contributed by atoms with Crippen LogP contribution in [0, 0.1) is 0 Å². The fraction of sp³-hybridized carbons (Fsp3) is 0.778. The van der Waals surface area contributed by atoms with Crippen LogP contribution in [0.3, 0.4) is 0 Å². The van der Waals surface area contributed by atoms with Crippen molar-refractivity contribution >= 4 is 0 Å². The monoisotopic (exact) mass is 155 g/mol. The van der Waals surface area contributed by atoms with E-state index in [1.165, 1.54) is 12.8 Å². The van der Waals surface area contributed by atoms with Crippen LogP contribution in [0.5, 0.6) is 0 Å². The molecule has 0 aliphatic heterocycles. The van der Waals surface area contributed by atoms with Crippen LogP contribution < -0.4 is 5.32 Å². The lowest BCUT2D eigenvalue weighted by atomic mass is 10.2. The molecule has 0 spiro atoms. The minimum atomic E-state index is 0.465. The molecule has 1 N–H and O–H groups in total. The fourth-order valence-corrected chi connectivity index (χ4v) is 1.63. The summed E-state index contributed by atoms with van der Waals surface area (Å²) in [5, 5.41) is 3.33. The molecule has 0 aromatic carbocycles. The maximum absolute atomic E-state index is 5.25. The summed E-state index contributed by atoms with van der Waals surface area (Å²) < 4.78 is 5.25. The van der Waals surface area contributed by atoms with Crippen LogP contribution >= 0.6 is 0 Å². The summed E-state index contributed by atoms with van der Waals surface area (Å²) in [4.78, 5) is 0. The van der Waals surface area contributed by atoms with Crippen LogP contribution in [0.4, 0.5) is 0 Å². The molecular formula is C9H17NO. The van der Waals surface area contributed by atoms with Crippen molar-refractivity contribution in [2.75, 3.05) is 7.11 Å². The fourth-order valence-electron chi connectivity index (χ4n) is 1.63. The molecule has 0 radical (unpaired) electrons. The Balaban J connectivity index is 2.24. The van der Waals surface area contributed by atoms with Crippen LogP contribution in [-0.2, 0) is 4.74 Å². The highest BCUT2D eigenvalue weighted by molar-refractivity contribution is 4.92. The Morgan fingerprint density at radius 2 is 2.27 bits per heavy atom. The molecule has 2 nitrogen and oxygen atoms in total. The SMILES string of the molecule is C=C(C)N[C@@H]1CC[C@@H](OC)C1. The highest BCUT2D eigenvalue weighted by atomic mass is 16.5.